The van der Waals surface area contributed by atoms with Crippen molar-refractivity contribution in [3.05, 3.63) is 29.8 Å². The fourth-order valence-electron chi connectivity index (χ4n) is 4.12. The molecule has 1 heterocycles. The van der Waals surface area contributed by atoms with Gasteiger partial charge in [0, 0.05) is 11.6 Å². The monoisotopic (exact) mass is 287 g/mol. The van der Waals surface area contributed by atoms with Crippen LogP contribution in [-0.4, -0.2) is 36.4 Å². The van der Waals surface area contributed by atoms with Gasteiger partial charge in [0.05, 0.1) is 13.2 Å². The molecule has 1 saturated heterocycles. The summed E-state index contributed by atoms with van der Waals surface area (Å²) in [5.41, 5.74) is 0.795. The van der Waals surface area contributed by atoms with Crippen LogP contribution in [-0.2, 0) is 0 Å². The molecule has 3 nitrogen and oxygen atoms in total. The Hall–Kier alpha value is -1.35. The van der Waals surface area contributed by atoms with E-state index < -0.39 is 0 Å². The molecule has 2 fully saturated rings. The van der Waals surface area contributed by atoms with E-state index in [9.17, 15) is 4.79 Å². The van der Waals surface area contributed by atoms with Crippen molar-refractivity contribution in [2.24, 2.45) is 5.92 Å². The van der Waals surface area contributed by atoms with Gasteiger partial charge in [-0.05, 0) is 69.3 Å². The van der Waals surface area contributed by atoms with E-state index in [1.165, 1.54) is 32.1 Å². The van der Waals surface area contributed by atoms with Gasteiger partial charge < -0.3 is 4.74 Å². The summed E-state index contributed by atoms with van der Waals surface area (Å²) in [7, 11) is 1.65. The van der Waals surface area contributed by atoms with Crippen molar-refractivity contribution in [1.29, 1.82) is 0 Å². The molecule has 2 aliphatic rings. The second-order valence-corrected chi connectivity index (χ2v) is 6.41. The maximum absolute atomic E-state index is 12.7. The van der Waals surface area contributed by atoms with Gasteiger partial charge in [-0.3, -0.25) is 9.69 Å². The number of likely N-dealkylation sites (tertiary alicyclic amines) is 1. The van der Waals surface area contributed by atoms with Crippen molar-refractivity contribution in [3.8, 4) is 5.75 Å². The largest absolute Gasteiger partial charge is 0.497 e. The van der Waals surface area contributed by atoms with E-state index in [1.54, 1.807) is 7.11 Å². The molecule has 0 spiro atoms. The van der Waals surface area contributed by atoms with E-state index >= 15 is 0 Å². The van der Waals surface area contributed by atoms with Crippen LogP contribution in [0.15, 0.2) is 24.3 Å². The quantitative estimate of drug-likeness (QED) is 0.793. The summed E-state index contributed by atoms with van der Waals surface area (Å²) >= 11 is 0. The predicted octanol–water partition coefficient (Wildman–Crippen LogP) is 3.53. The first kappa shape index (κ1) is 14.6. The van der Waals surface area contributed by atoms with Crippen LogP contribution < -0.4 is 4.74 Å². The third kappa shape index (κ3) is 2.84. The molecular weight excluding hydrogens is 262 g/mol. The van der Waals surface area contributed by atoms with Crippen molar-refractivity contribution in [3.63, 3.8) is 0 Å². The van der Waals surface area contributed by atoms with E-state index in [0.717, 1.165) is 23.8 Å². The molecule has 3 heteroatoms. The van der Waals surface area contributed by atoms with Gasteiger partial charge in [0.1, 0.15) is 5.75 Å². The molecule has 3 rings (SSSR count). The molecule has 0 amide bonds. The summed E-state index contributed by atoms with van der Waals surface area (Å²) in [5, 5.41) is 0. The van der Waals surface area contributed by atoms with Crippen molar-refractivity contribution in [2.45, 2.75) is 51.1 Å². The fraction of sp³-hybridized carbons (Fsp3) is 0.611. The van der Waals surface area contributed by atoms with Crippen LogP contribution in [0.4, 0.5) is 0 Å². The minimum atomic E-state index is -0.00991. The molecule has 1 aromatic rings. The Balaban J connectivity index is 1.73. The summed E-state index contributed by atoms with van der Waals surface area (Å²) in [4.78, 5) is 15.2. The third-order valence-electron chi connectivity index (χ3n) is 5.29. The van der Waals surface area contributed by atoms with Crippen LogP contribution in [0, 0.1) is 5.92 Å². The molecule has 1 aliphatic heterocycles. The Kier molecular flexibility index (Phi) is 4.29. The minimum absolute atomic E-state index is 0.00991. The molecule has 3 unspecified atom stereocenters. The number of ether oxygens (including phenoxy) is 1. The number of fused-ring (bicyclic) bond motifs is 1. The Labute approximate surface area is 127 Å². The fourth-order valence-corrected chi connectivity index (χ4v) is 4.12. The number of hydrogen-bond acceptors (Lipinski definition) is 3. The number of benzene rings is 1. The topological polar surface area (TPSA) is 29.5 Å². The number of Topliss-reactive ketones (excluding diaryl/α,β-unsaturated/α-hetero) is 1. The van der Waals surface area contributed by atoms with E-state index in [1.807, 2.05) is 24.3 Å². The highest BCUT2D eigenvalue weighted by Crippen LogP contribution is 2.38. The van der Waals surface area contributed by atoms with E-state index in [-0.39, 0.29) is 11.8 Å². The maximum Gasteiger partial charge on any atom is 0.179 e. The van der Waals surface area contributed by atoms with Crippen LogP contribution >= 0.6 is 0 Å². The molecule has 0 radical (unpaired) electrons. The van der Waals surface area contributed by atoms with Gasteiger partial charge in [-0.15, -0.1) is 0 Å². The zero-order valence-corrected chi connectivity index (χ0v) is 13.0. The molecule has 1 aliphatic carbocycles. The molecule has 21 heavy (non-hydrogen) atoms. The highest BCUT2D eigenvalue weighted by molar-refractivity contribution is 6.00. The number of piperidine rings is 1. The number of ketones is 1. The molecule has 3 atom stereocenters. The Morgan fingerprint density at radius 1 is 1.19 bits per heavy atom. The summed E-state index contributed by atoms with van der Waals surface area (Å²) < 4.78 is 5.16. The highest BCUT2D eigenvalue weighted by Gasteiger charge is 2.38. The number of carbonyl (C=O) groups excluding carboxylic acids is 1. The Bertz CT molecular complexity index is 496. The average Bonchev–Trinajstić information content (AvgIpc) is 3.02. The standard InChI is InChI=1S/C18H25NO2/c1-13(18(20)15-8-10-16(21-2)11-9-15)19-12-4-6-14-5-3-7-17(14)19/h8-11,13-14,17H,3-7,12H2,1-2H3. The van der Waals surface area contributed by atoms with Gasteiger partial charge in [0.15, 0.2) is 5.78 Å². The predicted molar refractivity (Wildman–Crippen MR) is 83.9 cm³/mol. The molecule has 114 valence electrons. The second kappa shape index (κ2) is 6.18. The van der Waals surface area contributed by atoms with Crippen LogP contribution in [0.5, 0.6) is 5.75 Å². The van der Waals surface area contributed by atoms with Crippen LogP contribution in [0.25, 0.3) is 0 Å². The van der Waals surface area contributed by atoms with Crippen molar-refractivity contribution < 1.29 is 9.53 Å². The van der Waals surface area contributed by atoms with Crippen LogP contribution in [0.3, 0.4) is 0 Å². The Morgan fingerprint density at radius 2 is 1.90 bits per heavy atom. The zero-order chi connectivity index (χ0) is 14.8. The van der Waals surface area contributed by atoms with Crippen LogP contribution in [0.2, 0.25) is 0 Å². The molecule has 1 saturated carbocycles. The maximum atomic E-state index is 12.7. The normalized spacial score (nSPS) is 27.1. The molecule has 0 bridgehead atoms. The summed E-state index contributed by atoms with van der Waals surface area (Å²) in [6.07, 6.45) is 6.54. The lowest BCUT2D eigenvalue weighted by Gasteiger charge is -2.41. The lowest BCUT2D eigenvalue weighted by Crippen LogP contribution is -2.50. The van der Waals surface area contributed by atoms with Gasteiger partial charge in [-0.1, -0.05) is 6.42 Å². The number of hydrogen-bond donors (Lipinski definition) is 0. The first-order chi connectivity index (χ1) is 10.2. The highest BCUT2D eigenvalue weighted by atomic mass is 16.5. The summed E-state index contributed by atoms with van der Waals surface area (Å²) in [6, 6.07) is 8.13. The lowest BCUT2D eigenvalue weighted by molar-refractivity contribution is 0.0564. The minimum Gasteiger partial charge on any atom is -0.497 e. The number of carbonyl (C=O) groups is 1. The number of nitrogens with zero attached hydrogens (tertiary/aromatic N) is 1. The lowest BCUT2D eigenvalue weighted by atomic mass is 9.89. The van der Waals surface area contributed by atoms with E-state index in [4.69, 9.17) is 4.74 Å². The van der Waals surface area contributed by atoms with Gasteiger partial charge >= 0.3 is 0 Å². The van der Waals surface area contributed by atoms with Gasteiger partial charge in [0.2, 0.25) is 0 Å². The van der Waals surface area contributed by atoms with Gasteiger partial charge in [-0.25, -0.2) is 0 Å². The average molecular weight is 287 g/mol. The smallest absolute Gasteiger partial charge is 0.179 e. The molecular formula is C18H25NO2. The van der Waals surface area contributed by atoms with E-state index in [2.05, 4.69) is 11.8 Å². The molecule has 0 N–H and O–H groups in total. The van der Waals surface area contributed by atoms with Gasteiger partial charge in [-0.2, -0.15) is 0 Å². The third-order valence-corrected chi connectivity index (χ3v) is 5.29. The van der Waals surface area contributed by atoms with Gasteiger partial charge in [0.25, 0.3) is 0 Å². The number of rotatable bonds is 4. The summed E-state index contributed by atoms with van der Waals surface area (Å²) in [6.45, 7) is 3.15. The number of methoxy groups -OCH3 is 1. The SMILES string of the molecule is COc1ccc(C(=O)C(C)N2CCCC3CCCC32)cc1. The first-order valence-corrected chi connectivity index (χ1v) is 8.14. The summed E-state index contributed by atoms with van der Waals surface area (Å²) in [5.74, 6) is 1.86. The Morgan fingerprint density at radius 3 is 2.62 bits per heavy atom. The molecule has 0 aromatic heterocycles. The molecule has 1 aromatic carbocycles. The van der Waals surface area contributed by atoms with Crippen molar-refractivity contribution in [1.82, 2.24) is 4.90 Å². The second-order valence-electron chi connectivity index (χ2n) is 6.41. The van der Waals surface area contributed by atoms with Crippen molar-refractivity contribution in [2.75, 3.05) is 13.7 Å². The first-order valence-electron chi connectivity index (χ1n) is 8.14. The van der Waals surface area contributed by atoms with Crippen molar-refractivity contribution >= 4 is 5.78 Å². The van der Waals surface area contributed by atoms with Crippen LogP contribution in [0.1, 0.15) is 49.4 Å². The zero-order valence-electron chi connectivity index (χ0n) is 13.0. The van der Waals surface area contributed by atoms with E-state index in [0.29, 0.717) is 6.04 Å².